The van der Waals surface area contributed by atoms with Gasteiger partial charge in [0.2, 0.25) is 0 Å². The number of methoxy groups -OCH3 is 2. The van der Waals surface area contributed by atoms with Gasteiger partial charge < -0.3 is 9.47 Å². The van der Waals surface area contributed by atoms with Crippen LogP contribution in [0, 0.1) is 17.3 Å². The molecule has 6 heteroatoms. The normalized spacial score (nSPS) is 31.6. The lowest BCUT2D eigenvalue weighted by atomic mass is 10.1. The Morgan fingerprint density at radius 3 is 2.19 bits per heavy atom. The van der Waals surface area contributed by atoms with E-state index in [1.54, 1.807) is 13.0 Å². The van der Waals surface area contributed by atoms with E-state index in [1.165, 1.54) is 14.2 Å². The van der Waals surface area contributed by atoms with Gasteiger partial charge in [-0.3, -0.25) is 9.59 Å². The number of carbonyl (C=O) groups excluding carboxylic acids is 2. The van der Waals surface area contributed by atoms with Gasteiger partial charge in [-0.1, -0.05) is 6.08 Å². The van der Waals surface area contributed by atoms with Crippen molar-refractivity contribution in [3.8, 4) is 0 Å². The number of ether oxygens (including phenoxy) is 2. The number of carbonyl (C=O) groups is 2. The highest BCUT2D eigenvalue weighted by atomic mass is 79.9. The molecule has 0 radical (unpaired) electrons. The zero-order valence-electron chi connectivity index (χ0n) is 9.12. The number of hydrogen-bond donors (Lipinski definition) is 0. The Bertz CT molecular complexity index is 349. The summed E-state index contributed by atoms with van der Waals surface area (Å²) in [5.41, 5.74) is -0.825. The molecule has 16 heavy (non-hydrogen) atoms. The van der Waals surface area contributed by atoms with E-state index in [0.29, 0.717) is 3.39 Å². The molecular weight excluding hydrogens is 344 g/mol. The summed E-state index contributed by atoms with van der Waals surface area (Å²) in [6.07, 6.45) is 1.76. The maximum absolute atomic E-state index is 11.6. The molecule has 1 aliphatic rings. The average Bonchev–Trinajstić information content (AvgIpc) is 2.82. The second-order valence-electron chi connectivity index (χ2n) is 3.76. The maximum atomic E-state index is 11.6. The van der Waals surface area contributed by atoms with Crippen molar-refractivity contribution in [2.45, 2.75) is 6.92 Å². The van der Waals surface area contributed by atoms with Crippen molar-refractivity contribution in [3.63, 3.8) is 0 Å². The molecule has 0 aromatic carbocycles. The van der Waals surface area contributed by atoms with E-state index < -0.39 is 23.3 Å². The first-order valence-electron chi connectivity index (χ1n) is 4.58. The zero-order valence-corrected chi connectivity index (χ0v) is 12.3. The summed E-state index contributed by atoms with van der Waals surface area (Å²) < 4.78 is 10.1. The van der Waals surface area contributed by atoms with Crippen LogP contribution in [0.3, 0.4) is 0 Å². The van der Waals surface area contributed by atoms with Crippen molar-refractivity contribution in [1.82, 2.24) is 0 Å². The molecule has 1 saturated carbocycles. The Labute approximate surface area is 111 Å². The van der Waals surface area contributed by atoms with Gasteiger partial charge in [-0.15, -0.1) is 0 Å². The van der Waals surface area contributed by atoms with Gasteiger partial charge in [-0.25, -0.2) is 0 Å². The second-order valence-corrected chi connectivity index (χ2v) is 6.53. The van der Waals surface area contributed by atoms with Crippen molar-refractivity contribution in [2.24, 2.45) is 17.3 Å². The lowest BCUT2D eigenvalue weighted by Gasteiger charge is -2.07. The fourth-order valence-electron chi connectivity index (χ4n) is 1.95. The summed E-state index contributed by atoms with van der Waals surface area (Å²) >= 11 is 6.42. The minimum absolute atomic E-state index is 0.207. The van der Waals surface area contributed by atoms with Crippen LogP contribution in [0.25, 0.3) is 0 Å². The standard InChI is InChI=1S/C10H12Br2O4/c1-10(9(14)16-3)5(4-6(11)12)7(10)8(13)15-2/h4-5,7H,1-3H3. The molecule has 0 N–H and O–H groups in total. The average molecular weight is 356 g/mol. The van der Waals surface area contributed by atoms with Crippen molar-refractivity contribution in [2.75, 3.05) is 14.2 Å². The van der Waals surface area contributed by atoms with Gasteiger partial charge in [0.15, 0.2) is 0 Å². The van der Waals surface area contributed by atoms with Gasteiger partial charge in [0.05, 0.1) is 28.9 Å². The molecule has 3 unspecified atom stereocenters. The topological polar surface area (TPSA) is 52.6 Å². The molecule has 0 saturated heterocycles. The third kappa shape index (κ3) is 2.18. The van der Waals surface area contributed by atoms with Crippen LogP contribution in [-0.4, -0.2) is 26.2 Å². The van der Waals surface area contributed by atoms with Gasteiger partial charge in [-0.2, -0.15) is 0 Å². The highest BCUT2D eigenvalue weighted by molar-refractivity contribution is 9.28. The van der Waals surface area contributed by atoms with E-state index in [2.05, 4.69) is 36.6 Å². The second kappa shape index (κ2) is 4.87. The van der Waals surface area contributed by atoms with Crippen molar-refractivity contribution in [1.29, 1.82) is 0 Å². The number of allylic oxidation sites excluding steroid dienone is 1. The molecule has 0 aromatic rings. The Balaban J connectivity index is 2.96. The van der Waals surface area contributed by atoms with Gasteiger partial charge in [0.1, 0.15) is 0 Å². The van der Waals surface area contributed by atoms with Gasteiger partial charge in [0, 0.05) is 5.92 Å². The van der Waals surface area contributed by atoms with Crippen molar-refractivity contribution in [3.05, 3.63) is 9.47 Å². The fraction of sp³-hybridized carbons (Fsp3) is 0.600. The molecule has 4 nitrogen and oxygen atoms in total. The summed E-state index contributed by atoms with van der Waals surface area (Å²) in [5.74, 6) is -1.48. The number of esters is 2. The molecule has 0 spiro atoms. The third-order valence-corrected chi connectivity index (χ3v) is 3.50. The summed E-state index contributed by atoms with van der Waals surface area (Å²) in [7, 11) is 2.62. The van der Waals surface area contributed by atoms with E-state index in [9.17, 15) is 9.59 Å². The fourth-order valence-corrected chi connectivity index (χ4v) is 2.52. The number of hydrogen-bond acceptors (Lipinski definition) is 4. The highest BCUT2D eigenvalue weighted by Crippen LogP contribution is 2.61. The predicted octanol–water partition coefficient (Wildman–Crippen LogP) is 2.22. The van der Waals surface area contributed by atoms with E-state index in [4.69, 9.17) is 4.74 Å². The Kier molecular flexibility index (Phi) is 4.17. The van der Waals surface area contributed by atoms with Gasteiger partial charge in [-0.05, 0) is 38.8 Å². The molecule has 0 amide bonds. The smallest absolute Gasteiger partial charge is 0.313 e. The predicted molar refractivity (Wildman–Crippen MR) is 65.1 cm³/mol. The molecule has 1 aliphatic carbocycles. The zero-order chi connectivity index (χ0) is 12.5. The maximum Gasteiger partial charge on any atom is 0.313 e. The van der Waals surface area contributed by atoms with Crippen LogP contribution in [0.1, 0.15) is 6.92 Å². The minimum Gasteiger partial charge on any atom is -0.469 e. The van der Waals surface area contributed by atoms with Crippen LogP contribution in [0.15, 0.2) is 9.47 Å². The molecule has 0 bridgehead atoms. The molecule has 3 atom stereocenters. The lowest BCUT2D eigenvalue weighted by Crippen LogP contribution is -2.20. The first kappa shape index (κ1) is 13.7. The van der Waals surface area contributed by atoms with Crippen molar-refractivity contribution >= 4 is 43.8 Å². The van der Waals surface area contributed by atoms with Gasteiger partial charge >= 0.3 is 11.9 Å². The first-order chi connectivity index (χ1) is 7.39. The summed E-state index contributed by atoms with van der Waals surface area (Å²) in [6.45, 7) is 1.70. The Morgan fingerprint density at radius 1 is 1.25 bits per heavy atom. The summed E-state index contributed by atoms with van der Waals surface area (Å²) in [6, 6.07) is 0. The first-order valence-corrected chi connectivity index (χ1v) is 6.17. The van der Waals surface area contributed by atoms with Crippen LogP contribution in [-0.2, 0) is 19.1 Å². The van der Waals surface area contributed by atoms with Crippen LogP contribution in [0.2, 0.25) is 0 Å². The molecule has 1 rings (SSSR count). The van der Waals surface area contributed by atoms with E-state index in [1.807, 2.05) is 0 Å². The molecule has 0 heterocycles. The largest absolute Gasteiger partial charge is 0.469 e. The van der Waals surface area contributed by atoms with Crippen LogP contribution >= 0.6 is 31.9 Å². The van der Waals surface area contributed by atoms with Crippen LogP contribution < -0.4 is 0 Å². The molecule has 0 aliphatic heterocycles. The Morgan fingerprint density at radius 2 is 1.81 bits per heavy atom. The van der Waals surface area contributed by atoms with E-state index >= 15 is 0 Å². The summed E-state index contributed by atoms with van der Waals surface area (Å²) in [4.78, 5) is 23.1. The molecular formula is C10H12Br2O4. The molecule has 1 fully saturated rings. The molecule has 90 valence electrons. The quantitative estimate of drug-likeness (QED) is 0.728. The third-order valence-electron chi connectivity index (χ3n) is 2.97. The monoisotopic (exact) mass is 354 g/mol. The SMILES string of the molecule is COC(=O)C1C(C=C(Br)Br)C1(C)C(=O)OC. The minimum atomic E-state index is -0.825. The Hall–Kier alpha value is -0.360. The molecule has 0 aromatic heterocycles. The lowest BCUT2D eigenvalue weighted by molar-refractivity contribution is -0.152. The highest BCUT2D eigenvalue weighted by Gasteiger charge is 2.70. The van der Waals surface area contributed by atoms with Crippen molar-refractivity contribution < 1.29 is 19.1 Å². The number of rotatable bonds is 3. The summed E-state index contributed by atoms with van der Waals surface area (Å²) in [5, 5.41) is 0. The van der Waals surface area contributed by atoms with Crippen LogP contribution in [0.4, 0.5) is 0 Å². The van der Waals surface area contributed by atoms with Gasteiger partial charge in [0.25, 0.3) is 0 Å². The van der Waals surface area contributed by atoms with E-state index in [0.717, 1.165) is 0 Å². The van der Waals surface area contributed by atoms with E-state index in [-0.39, 0.29) is 5.92 Å². The van der Waals surface area contributed by atoms with Crippen LogP contribution in [0.5, 0.6) is 0 Å². The number of halogens is 2.